The molecule has 0 unspecified atom stereocenters. The lowest BCUT2D eigenvalue weighted by molar-refractivity contribution is -0.153. The molecule has 168 valence electrons. The number of nitrogens with one attached hydrogen (secondary N) is 2. The maximum atomic E-state index is 12.6. The van der Waals surface area contributed by atoms with E-state index in [-0.39, 0.29) is 28.8 Å². The van der Waals surface area contributed by atoms with Gasteiger partial charge < -0.3 is 15.4 Å². The van der Waals surface area contributed by atoms with Gasteiger partial charge in [-0.2, -0.15) is 26.3 Å². The number of pyridine rings is 1. The molecule has 1 aromatic carbocycles. The summed E-state index contributed by atoms with van der Waals surface area (Å²) in [4.78, 5) is 24.0. The number of carbonyl (C=O) groups is 1. The van der Waals surface area contributed by atoms with Crippen LogP contribution in [0.25, 0.3) is 0 Å². The lowest BCUT2D eigenvalue weighted by Crippen LogP contribution is -2.21. The Kier molecular flexibility index (Phi) is 6.46. The first-order chi connectivity index (χ1) is 15.0. The van der Waals surface area contributed by atoms with Gasteiger partial charge in [-0.05, 0) is 30.3 Å². The van der Waals surface area contributed by atoms with Crippen LogP contribution in [0.2, 0.25) is 0 Å². The first-order valence-electron chi connectivity index (χ1n) is 8.73. The van der Waals surface area contributed by atoms with Gasteiger partial charge in [0, 0.05) is 24.1 Å². The van der Waals surface area contributed by atoms with Gasteiger partial charge in [0.25, 0.3) is 5.91 Å². The molecule has 13 heteroatoms. The summed E-state index contributed by atoms with van der Waals surface area (Å²) in [7, 11) is 0. The van der Waals surface area contributed by atoms with Crippen LogP contribution < -0.4 is 15.4 Å². The van der Waals surface area contributed by atoms with E-state index in [1.165, 1.54) is 30.6 Å². The summed E-state index contributed by atoms with van der Waals surface area (Å²) in [6.07, 6.45) is -5.54. The molecule has 0 saturated heterocycles. The number of aromatic nitrogens is 3. The average Bonchev–Trinajstić information content (AvgIpc) is 2.72. The summed E-state index contributed by atoms with van der Waals surface area (Å²) in [5, 5.41) is 5.00. The van der Waals surface area contributed by atoms with Crippen molar-refractivity contribution in [2.45, 2.75) is 12.4 Å². The number of anilines is 3. The van der Waals surface area contributed by atoms with Gasteiger partial charge in [0.05, 0.1) is 11.8 Å². The molecule has 0 fully saturated rings. The fourth-order valence-corrected chi connectivity index (χ4v) is 2.36. The third-order valence-electron chi connectivity index (χ3n) is 3.78. The standard InChI is InChI=1S/C19H13F6N5O2/c20-18(21,22)10-32-15-6-7-26-9-14(15)29-16(31)13-5-8-27-17(30-13)28-12-3-1-11(2-4-12)19(23,24)25/h1-9H,10H2,(H,29,31)(H,27,28,30). The van der Waals surface area contributed by atoms with Crippen molar-refractivity contribution >= 4 is 23.2 Å². The predicted molar refractivity (Wildman–Crippen MR) is 100 cm³/mol. The van der Waals surface area contributed by atoms with Crippen LogP contribution in [-0.2, 0) is 6.18 Å². The molecule has 0 spiro atoms. The number of alkyl halides is 6. The quantitative estimate of drug-likeness (QED) is 0.516. The van der Waals surface area contributed by atoms with Crippen molar-refractivity contribution in [2.75, 3.05) is 17.2 Å². The fourth-order valence-electron chi connectivity index (χ4n) is 2.36. The van der Waals surface area contributed by atoms with Crippen molar-refractivity contribution in [3.8, 4) is 5.75 Å². The van der Waals surface area contributed by atoms with Gasteiger partial charge in [-0.25, -0.2) is 9.97 Å². The summed E-state index contributed by atoms with van der Waals surface area (Å²) < 4.78 is 79.8. The van der Waals surface area contributed by atoms with Crippen molar-refractivity contribution in [3.63, 3.8) is 0 Å². The summed E-state index contributed by atoms with van der Waals surface area (Å²) in [5.41, 5.74) is -0.875. The zero-order chi connectivity index (χ0) is 23.4. The van der Waals surface area contributed by atoms with Crippen molar-refractivity contribution in [1.29, 1.82) is 0 Å². The van der Waals surface area contributed by atoms with Crippen molar-refractivity contribution in [1.82, 2.24) is 15.0 Å². The molecule has 2 aromatic heterocycles. The maximum absolute atomic E-state index is 12.6. The molecule has 2 N–H and O–H groups in total. The third-order valence-corrected chi connectivity index (χ3v) is 3.78. The minimum atomic E-state index is -4.57. The number of benzene rings is 1. The lowest BCUT2D eigenvalue weighted by atomic mass is 10.2. The molecule has 1 amide bonds. The van der Waals surface area contributed by atoms with Crippen LogP contribution in [0.4, 0.5) is 43.7 Å². The van der Waals surface area contributed by atoms with E-state index >= 15 is 0 Å². The number of carbonyl (C=O) groups excluding carboxylic acids is 1. The Morgan fingerprint density at radius 3 is 2.34 bits per heavy atom. The van der Waals surface area contributed by atoms with Gasteiger partial charge in [0.1, 0.15) is 17.1 Å². The van der Waals surface area contributed by atoms with Gasteiger partial charge in [-0.3, -0.25) is 9.78 Å². The Morgan fingerprint density at radius 2 is 1.69 bits per heavy atom. The van der Waals surface area contributed by atoms with E-state index in [9.17, 15) is 31.1 Å². The highest BCUT2D eigenvalue weighted by Crippen LogP contribution is 2.30. The topological polar surface area (TPSA) is 89.0 Å². The largest absolute Gasteiger partial charge is 0.482 e. The van der Waals surface area contributed by atoms with E-state index in [4.69, 9.17) is 0 Å². The van der Waals surface area contributed by atoms with Crippen LogP contribution in [0.1, 0.15) is 16.1 Å². The van der Waals surface area contributed by atoms with Gasteiger partial charge in [-0.15, -0.1) is 0 Å². The minimum absolute atomic E-state index is 0.0860. The summed E-state index contributed by atoms with van der Waals surface area (Å²) >= 11 is 0. The Hall–Kier alpha value is -3.90. The number of rotatable bonds is 6. The fraction of sp³-hybridized carbons (Fsp3) is 0.158. The van der Waals surface area contributed by atoms with E-state index < -0.39 is 30.4 Å². The number of amides is 1. The van der Waals surface area contributed by atoms with Gasteiger partial charge >= 0.3 is 12.4 Å². The van der Waals surface area contributed by atoms with Crippen molar-refractivity contribution in [3.05, 3.63) is 66.2 Å². The highest BCUT2D eigenvalue weighted by Gasteiger charge is 2.30. The monoisotopic (exact) mass is 457 g/mol. The van der Waals surface area contributed by atoms with E-state index in [0.717, 1.165) is 24.4 Å². The van der Waals surface area contributed by atoms with E-state index in [0.29, 0.717) is 0 Å². The number of ether oxygens (including phenoxy) is 1. The normalized spacial score (nSPS) is 11.7. The predicted octanol–water partition coefficient (Wildman–Crippen LogP) is 4.83. The molecule has 3 aromatic rings. The SMILES string of the molecule is O=C(Nc1cnccc1OCC(F)(F)F)c1ccnc(Nc2ccc(C(F)(F)F)cc2)n1. The van der Waals surface area contributed by atoms with Crippen LogP contribution in [0, 0.1) is 0 Å². The molecule has 0 radical (unpaired) electrons. The second kappa shape index (κ2) is 9.08. The molecule has 2 heterocycles. The molecule has 0 bridgehead atoms. The molecule has 32 heavy (non-hydrogen) atoms. The summed E-state index contributed by atoms with van der Waals surface area (Å²) in [5.74, 6) is -1.13. The van der Waals surface area contributed by atoms with Crippen LogP contribution in [0.15, 0.2) is 55.0 Å². The highest BCUT2D eigenvalue weighted by atomic mass is 19.4. The zero-order valence-corrected chi connectivity index (χ0v) is 15.8. The molecular weight excluding hydrogens is 444 g/mol. The molecule has 0 aliphatic heterocycles. The summed E-state index contributed by atoms with van der Waals surface area (Å²) in [6.45, 7) is -1.56. The van der Waals surface area contributed by atoms with Crippen LogP contribution in [0.5, 0.6) is 5.75 Å². The summed E-state index contributed by atoms with van der Waals surface area (Å²) in [6, 6.07) is 6.45. The number of nitrogens with zero attached hydrogens (tertiary/aromatic N) is 3. The van der Waals surface area contributed by atoms with Gasteiger partial charge in [-0.1, -0.05) is 0 Å². The molecular formula is C19H13F6N5O2. The van der Waals surface area contributed by atoms with Gasteiger partial charge in [0.15, 0.2) is 6.61 Å². The maximum Gasteiger partial charge on any atom is 0.422 e. The van der Waals surface area contributed by atoms with Crippen LogP contribution in [-0.4, -0.2) is 33.6 Å². The van der Waals surface area contributed by atoms with Crippen molar-refractivity contribution < 1.29 is 35.9 Å². The number of halogens is 6. The lowest BCUT2D eigenvalue weighted by Gasteiger charge is -2.13. The van der Waals surface area contributed by atoms with Crippen LogP contribution in [0.3, 0.4) is 0 Å². The Labute approximate surface area is 176 Å². The molecule has 7 nitrogen and oxygen atoms in total. The smallest absolute Gasteiger partial charge is 0.422 e. The first kappa shape index (κ1) is 22.8. The Balaban J connectivity index is 1.71. The van der Waals surface area contributed by atoms with E-state index in [2.05, 4.69) is 30.3 Å². The van der Waals surface area contributed by atoms with Gasteiger partial charge in [0.2, 0.25) is 5.95 Å². The second-order valence-corrected chi connectivity index (χ2v) is 6.20. The second-order valence-electron chi connectivity index (χ2n) is 6.20. The Bertz CT molecular complexity index is 1090. The molecule has 0 saturated carbocycles. The zero-order valence-electron chi connectivity index (χ0n) is 15.8. The minimum Gasteiger partial charge on any atom is -0.482 e. The average molecular weight is 457 g/mol. The molecule has 0 aliphatic rings. The van der Waals surface area contributed by atoms with Crippen molar-refractivity contribution in [2.24, 2.45) is 0 Å². The third kappa shape index (κ3) is 6.30. The molecule has 3 rings (SSSR count). The molecule has 0 aliphatic carbocycles. The first-order valence-corrected chi connectivity index (χ1v) is 8.73. The Morgan fingerprint density at radius 1 is 0.969 bits per heavy atom. The van der Waals surface area contributed by atoms with E-state index in [1.54, 1.807) is 0 Å². The molecule has 0 atom stereocenters. The number of hydrogen-bond acceptors (Lipinski definition) is 6. The highest BCUT2D eigenvalue weighted by molar-refractivity contribution is 6.03. The number of hydrogen-bond donors (Lipinski definition) is 2. The van der Waals surface area contributed by atoms with Crippen LogP contribution >= 0.6 is 0 Å². The van der Waals surface area contributed by atoms with E-state index in [1.807, 2.05) is 0 Å².